The van der Waals surface area contributed by atoms with Gasteiger partial charge >= 0.3 is 0 Å². The zero-order valence-corrected chi connectivity index (χ0v) is 20.6. The molecule has 1 atom stereocenters. The Morgan fingerprint density at radius 3 is 2.73 bits per heavy atom. The summed E-state index contributed by atoms with van der Waals surface area (Å²) >= 11 is 0. The van der Waals surface area contributed by atoms with E-state index in [0.29, 0.717) is 24.5 Å². The van der Waals surface area contributed by atoms with Gasteiger partial charge < -0.3 is 29.0 Å². The largest absolute Gasteiger partial charge is 0.490 e. The van der Waals surface area contributed by atoms with Crippen LogP contribution in [-0.2, 0) is 11.2 Å². The molecule has 0 aliphatic carbocycles. The van der Waals surface area contributed by atoms with Crippen LogP contribution < -0.4 is 19.1 Å². The van der Waals surface area contributed by atoms with Gasteiger partial charge in [-0.25, -0.2) is 0 Å². The second-order valence-electron chi connectivity index (χ2n) is 9.76. The summed E-state index contributed by atoms with van der Waals surface area (Å²) in [4.78, 5) is 21.8. The lowest BCUT2D eigenvalue weighted by Gasteiger charge is -2.37. The van der Waals surface area contributed by atoms with Crippen molar-refractivity contribution < 1.29 is 19.0 Å². The number of aromatic nitrogens is 1. The van der Waals surface area contributed by atoms with E-state index in [0.717, 1.165) is 52.5 Å². The first-order chi connectivity index (χ1) is 18.1. The minimum atomic E-state index is -0.307. The van der Waals surface area contributed by atoms with Crippen LogP contribution in [0, 0.1) is 0 Å². The van der Waals surface area contributed by atoms with Crippen molar-refractivity contribution in [1.82, 2.24) is 9.88 Å². The SMILES string of the molecule is C=C(C(=O)N1CCc2c([nH]c3ccccc23)C1c1ccc2c(c1)OCO2)c1ccc2c(c1)N(C)CCO2. The first kappa shape index (κ1) is 21.9. The lowest BCUT2D eigenvalue weighted by atomic mass is 9.91. The van der Waals surface area contributed by atoms with Gasteiger partial charge in [0.1, 0.15) is 12.4 Å². The van der Waals surface area contributed by atoms with Gasteiger partial charge in [-0.3, -0.25) is 4.79 Å². The Hall–Kier alpha value is -4.39. The Balaban J connectivity index is 1.30. The number of fused-ring (bicyclic) bond motifs is 5. The molecule has 1 unspecified atom stereocenters. The fourth-order valence-corrected chi connectivity index (χ4v) is 5.72. The molecule has 7 heteroatoms. The number of aromatic amines is 1. The smallest absolute Gasteiger partial charge is 0.254 e. The van der Waals surface area contributed by atoms with E-state index >= 15 is 0 Å². The number of anilines is 1. The highest BCUT2D eigenvalue weighted by atomic mass is 16.7. The summed E-state index contributed by atoms with van der Waals surface area (Å²) in [5.74, 6) is 2.16. The Morgan fingerprint density at radius 2 is 1.81 bits per heavy atom. The monoisotopic (exact) mass is 493 g/mol. The zero-order chi connectivity index (χ0) is 25.1. The molecule has 3 aliphatic rings. The number of ether oxygens (including phenoxy) is 3. The molecular formula is C30H27N3O4. The average molecular weight is 494 g/mol. The van der Waals surface area contributed by atoms with Gasteiger partial charge in [-0.05, 0) is 53.4 Å². The number of benzene rings is 3. The first-order valence-electron chi connectivity index (χ1n) is 12.6. The second-order valence-corrected chi connectivity index (χ2v) is 9.76. The van der Waals surface area contributed by atoms with Gasteiger partial charge in [0.2, 0.25) is 6.79 Å². The van der Waals surface area contributed by atoms with Crippen LogP contribution in [0.15, 0.2) is 67.2 Å². The zero-order valence-electron chi connectivity index (χ0n) is 20.6. The van der Waals surface area contributed by atoms with E-state index in [-0.39, 0.29) is 18.7 Å². The highest BCUT2D eigenvalue weighted by Crippen LogP contribution is 2.43. The van der Waals surface area contributed by atoms with Gasteiger partial charge in [0.15, 0.2) is 11.5 Å². The first-order valence-corrected chi connectivity index (χ1v) is 12.6. The van der Waals surface area contributed by atoms with Crippen LogP contribution in [0.1, 0.15) is 28.4 Å². The molecule has 1 N–H and O–H groups in total. The van der Waals surface area contributed by atoms with Gasteiger partial charge in [-0.1, -0.05) is 36.9 Å². The molecule has 37 heavy (non-hydrogen) atoms. The third-order valence-electron chi connectivity index (χ3n) is 7.67. The minimum Gasteiger partial charge on any atom is -0.490 e. The Bertz CT molecular complexity index is 1570. The Labute approximate surface area is 214 Å². The van der Waals surface area contributed by atoms with Crippen LogP contribution in [0.4, 0.5) is 5.69 Å². The molecule has 0 saturated heterocycles. The fraction of sp³-hybridized carbons (Fsp3) is 0.233. The van der Waals surface area contributed by atoms with Gasteiger partial charge in [0.25, 0.3) is 5.91 Å². The van der Waals surface area contributed by atoms with Crippen LogP contribution in [-0.4, -0.2) is 49.3 Å². The van der Waals surface area contributed by atoms with Crippen molar-refractivity contribution in [2.45, 2.75) is 12.5 Å². The second kappa shape index (κ2) is 8.34. The minimum absolute atomic E-state index is 0.0914. The normalized spacial score (nSPS) is 17.8. The predicted octanol–water partition coefficient (Wildman–Crippen LogP) is 4.91. The summed E-state index contributed by atoms with van der Waals surface area (Å²) in [5.41, 5.74) is 6.56. The van der Waals surface area contributed by atoms with E-state index in [4.69, 9.17) is 14.2 Å². The van der Waals surface area contributed by atoms with Crippen molar-refractivity contribution >= 4 is 28.1 Å². The highest BCUT2D eigenvalue weighted by molar-refractivity contribution is 6.19. The molecule has 0 fully saturated rings. The van der Waals surface area contributed by atoms with Crippen LogP contribution >= 0.6 is 0 Å². The van der Waals surface area contributed by atoms with Crippen molar-refractivity contribution in [3.8, 4) is 17.2 Å². The number of carbonyl (C=O) groups is 1. The fourth-order valence-electron chi connectivity index (χ4n) is 5.72. The van der Waals surface area contributed by atoms with Crippen LogP contribution in [0.5, 0.6) is 17.2 Å². The van der Waals surface area contributed by atoms with Gasteiger partial charge in [0, 0.05) is 35.8 Å². The van der Waals surface area contributed by atoms with E-state index in [1.54, 1.807) is 0 Å². The topological polar surface area (TPSA) is 67.0 Å². The number of nitrogens with one attached hydrogen (secondary N) is 1. The number of para-hydroxylation sites is 1. The molecule has 4 aromatic rings. The third kappa shape index (κ3) is 3.45. The quantitative estimate of drug-likeness (QED) is 0.411. The molecule has 1 amide bonds. The Kier molecular flexibility index (Phi) is 4.92. The number of carbonyl (C=O) groups excluding carboxylic acids is 1. The van der Waals surface area contributed by atoms with Gasteiger partial charge in [-0.2, -0.15) is 0 Å². The Morgan fingerprint density at radius 1 is 0.973 bits per heavy atom. The molecule has 0 radical (unpaired) electrons. The summed E-state index contributed by atoms with van der Waals surface area (Å²) in [6.45, 7) is 6.50. The average Bonchev–Trinajstić information content (AvgIpc) is 3.56. The van der Waals surface area contributed by atoms with E-state index in [2.05, 4.69) is 34.7 Å². The van der Waals surface area contributed by atoms with E-state index in [9.17, 15) is 4.79 Å². The van der Waals surface area contributed by atoms with E-state index in [1.807, 2.05) is 54.4 Å². The number of rotatable bonds is 3. The molecule has 186 valence electrons. The highest BCUT2D eigenvalue weighted by Gasteiger charge is 2.36. The number of nitrogens with zero attached hydrogens (tertiary/aromatic N) is 2. The molecule has 4 heterocycles. The van der Waals surface area contributed by atoms with Crippen LogP contribution in [0.2, 0.25) is 0 Å². The summed E-state index contributed by atoms with van der Waals surface area (Å²) in [7, 11) is 2.04. The molecule has 7 rings (SSSR count). The van der Waals surface area contributed by atoms with Crippen LogP contribution in [0.3, 0.4) is 0 Å². The maximum atomic E-state index is 14.1. The maximum absolute atomic E-state index is 14.1. The molecule has 1 aromatic heterocycles. The lowest BCUT2D eigenvalue weighted by molar-refractivity contribution is -0.127. The number of H-pyrrole nitrogens is 1. The molecule has 3 aliphatic heterocycles. The van der Waals surface area contributed by atoms with Gasteiger partial charge in [-0.15, -0.1) is 0 Å². The number of amides is 1. The molecule has 0 saturated carbocycles. The van der Waals surface area contributed by atoms with Crippen LogP contribution in [0.25, 0.3) is 16.5 Å². The predicted molar refractivity (Wildman–Crippen MR) is 142 cm³/mol. The molecule has 7 nitrogen and oxygen atoms in total. The summed E-state index contributed by atoms with van der Waals surface area (Å²) in [6.07, 6.45) is 0.764. The number of likely N-dealkylation sites (N-methyl/N-ethyl adjacent to an activating group) is 1. The molecule has 3 aromatic carbocycles. The van der Waals surface area contributed by atoms with Crippen molar-refractivity contribution in [1.29, 1.82) is 0 Å². The number of hydrogen-bond acceptors (Lipinski definition) is 5. The summed E-state index contributed by atoms with van der Waals surface area (Å²) < 4.78 is 17.0. The maximum Gasteiger partial charge on any atom is 0.254 e. The van der Waals surface area contributed by atoms with E-state index in [1.165, 1.54) is 10.9 Å². The van der Waals surface area contributed by atoms with Crippen molar-refractivity contribution in [3.05, 3.63) is 89.6 Å². The number of hydrogen-bond donors (Lipinski definition) is 1. The summed E-state index contributed by atoms with van der Waals surface area (Å²) in [6, 6.07) is 19.8. The van der Waals surface area contributed by atoms with Gasteiger partial charge in [0.05, 0.1) is 18.3 Å². The van der Waals surface area contributed by atoms with Crippen molar-refractivity contribution in [2.24, 2.45) is 0 Å². The lowest BCUT2D eigenvalue weighted by Crippen LogP contribution is -2.41. The summed E-state index contributed by atoms with van der Waals surface area (Å²) in [5, 5.41) is 1.20. The molecule has 0 bridgehead atoms. The standard InChI is InChI=1S/C30H27N3O4/c1-18(19-7-9-25-24(15-19)32(2)13-14-35-25)30(34)33-12-11-22-21-5-3-4-6-23(21)31-28(22)29(33)20-8-10-26-27(16-20)37-17-36-26/h3-10,15-16,29,31H,1,11-14,17H2,2H3. The van der Waals surface area contributed by atoms with Crippen molar-refractivity contribution in [3.63, 3.8) is 0 Å². The molecular weight excluding hydrogens is 466 g/mol. The van der Waals surface area contributed by atoms with Crippen molar-refractivity contribution in [2.75, 3.05) is 38.4 Å². The van der Waals surface area contributed by atoms with E-state index < -0.39 is 0 Å². The molecule has 0 spiro atoms. The third-order valence-corrected chi connectivity index (χ3v) is 7.67.